The second kappa shape index (κ2) is 6.65. The van der Waals surface area contributed by atoms with Gasteiger partial charge in [-0.25, -0.2) is 0 Å². The Balaban J connectivity index is 2.58. The van der Waals surface area contributed by atoms with E-state index in [1.54, 1.807) is 0 Å². The first-order valence-corrected chi connectivity index (χ1v) is 5.70. The van der Waals surface area contributed by atoms with Gasteiger partial charge in [0.2, 0.25) is 0 Å². The quantitative estimate of drug-likeness (QED) is 0.555. The highest BCUT2D eigenvalue weighted by atomic mass is 15.1. The van der Waals surface area contributed by atoms with Crippen LogP contribution in [-0.2, 0) is 0 Å². The minimum absolute atomic E-state index is 0.331. The molecule has 0 bridgehead atoms. The first-order valence-electron chi connectivity index (χ1n) is 5.70. The maximum Gasteiger partial charge on any atom is 0.343 e. The number of rotatable bonds is 6. The normalized spacial score (nSPS) is 10.7. The Labute approximate surface area is 93.8 Å². The molecule has 0 atom stereocenters. The number of nitrogens with one attached hydrogen (secondary N) is 1. The molecule has 0 aliphatic heterocycles. The molecule has 0 radical (unpaired) electrons. The van der Waals surface area contributed by atoms with Crippen molar-refractivity contribution in [2.75, 3.05) is 20.6 Å². The summed E-state index contributed by atoms with van der Waals surface area (Å²) < 4.78 is 0. The van der Waals surface area contributed by atoms with Gasteiger partial charge in [-0.05, 0) is 32.5 Å². The Kier molecular flexibility index (Phi) is 5.44. The molecule has 0 saturated heterocycles. The number of hydrogen-bond acceptors (Lipinski definition) is 2. The van der Waals surface area contributed by atoms with E-state index < -0.39 is 0 Å². The Bertz CT molecular complexity index is 262. The number of unbranched alkanes of at least 4 members (excludes halogenated alkanes) is 1. The lowest BCUT2D eigenvalue weighted by Crippen LogP contribution is -2.55. The molecule has 0 aromatic heterocycles. The molecular weight excluding hydrogens is 183 g/mol. The number of nitrogens with zero attached hydrogens (tertiary/aromatic N) is 1. The average Bonchev–Trinajstić information content (AvgIpc) is 2.25. The van der Waals surface area contributed by atoms with E-state index in [-0.39, 0.29) is 0 Å². The molecule has 15 heavy (non-hydrogen) atoms. The molecule has 0 aliphatic rings. The molecular formula is C12H21BN2. The number of hydrogen-bond donors (Lipinski definition) is 1. The molecule has 1 aromatic carbocycles. The number of benzene rings is 1. The zero-order chi connectivity index (χ0) is 11.1. The van der Waals surface area contributed by atoms with Crippen LogP contribution in [0, 0.1) is 0 Å². The molecule has 82 valence electrons. The zero-order valence-corrected chi connectivity index (χ0v) is 10.0. The predicted octanol–water partition coefficient (Wildman–Crippen LogP) is 1.33. The monoisotopic (exact) mass is 204 g/mol. The van der Waals surface area contributed by atoms with Crippen LogP contribution < -0.4 is 10.7 Å². The third-order valence-corrected chi connectivity index (χ3v) is 2.50. The Morgan fingerprint density at radius 3 is 2.40 bits per heavy atom. The van der Waals surface area contributed by atoms with Crippen molar-refractivity contribution in [1.82, 2.24) is 10.0 Å². The lowest BCUT2D eigenvalue weighted by Gasteiger charge is -2.21. The summed E-state index contributed by atoms with van der Waals surface area (Å²) in [7, 11) is 4.22. The van der Waals surface area contributed by atoms with Crippen molar-refractivity contribution >= 4 is 12.4 Å². The van der Waals surface area contributed by atoms with Crippen LogP contribution in [0.25, 0.3) is 0 Å². The fourth-order valence-electron chi connectivity index (χ4n) is 1.65. The summed E-state index contributed by atoms with van der Waals surface area (Å²) in [6, 6.07) is 10.6. The van der Waals surface area contributed by atoms with Crippen molar-refractivity contribution < 1.29 is 0 Å². The van der Waals surface area contributed by atoms with Crippen LogP contribution in [-0.4, -0.2) is 32.4 Å². The fraction of sp³-hybridized carbons (Fsp3) is 0.500. The van der Waals surface area contributed by atoms with E-state index in [2.05, 4.69) is 61.4 Å². The van der Waals surface area contributed by atoms with Gasteiger partial charge >= 0.3 is 6.98 Å². The van der Waals surface area contributed by atoms with Gasteiger partial charge in [0.05, 0.1) is 0 Å². The predicted molar refractivity (Wildman–Crippen MR) is 68.4 cm³/mol. The molecule has 0 amide bonds. The minimum atomic E-state index is 0.331. The van der Waals surface area contributed by atoms with Crippen LogP contribution >= 0.6 is 0 Å². The smallest absolute Gasteiger partial charge is 0.338 e. The Hall–Kier alpha value is -0.795. The van der Waals surface area contributed by atoms with E-state index in [1.807, 2.05) is 0 Å². The van der Waals surface area contributed by atoms with Crippen LogP contribution in [0.5, 0.6) is 0 Å². The summed E-state index contributed by atoms with van der Waals surface area (Å²) >= 11 is 0. The van der Waals surface area contributed by atoms with Gasteiger partial charge in [-0.15, -0.1) is 0 Å². The van der Waals surface area contributed by atoms with Gasteiger partial charge in [-0.2, -0.15) is 0 Å². The zero-order valence-electron chi connectivity index (χ0n) is 10.0. The van der Waals surface area contributed by atoms with Gasteiger partial charge in [0.15, 0.2) is 0 Å². The summed E-state index contributed by atoms with van der Waals surface area (Å²) in [4.78, 5) is 2.21. The summed E-state index contributed by atoms with van der Waals surface area (Å²) in [6.45, 7) is 3.63. The first kappa shape index (κ1) is 12.3. The topological polar surface area (TPSA) is 15.3 Å². The molecule has 1 aromatic rings. The molecule has 0 heterocycles. The summed E-state index contributed by atoms with van der Waals surface area (Å²) in [6.07, 6.45) is 2.47. The van der Waals surface area contributed by atoms with E-state index in [9.17, 15) is 0 Å². The Morgan fingerprint density at radius 1 is 1.20 bits per heavy atom. The van der Waals surface area contributed by atoms with Gasteiger partial charge in [0.1, 0.15) is 0 Å². The summed E-state index contributed by atoms with van der Waals surface area (Å²) in [5, 5.41) is 3.56. The van der Waals surface area contributed by atoms with E-state index in [0.717, 1.165) is 6.54 Å². The van der Waals surface area contributed by atoms with E-state index >= 15 is 0 Å². The molecule has 1 N–H and O–H groups in total. The molecule has 0 spiro atoms. The first-order chi connectivity index (χ1) is 7.25. The summed E-state index contributed by atoms with van der Waals surface area (Å²) in [5.41, 5.74) is 1.33. The standard InChI is InChI=1S/C12H21BN2/c1-4-5-11-14-13(15(2)3)12-9-7-6-8-10-12/h6-10,14H,4-5,11H2,1-3H3. The van der Waals surface area contributed by atoms with Gasteiger partial charge < -0.3 is 10.0 Å². The molecule has 0 aliphatic carbocycles. The van der Waals surface area contributed by atoms with Crippen LogP contribution in [0.15, 0.2) is 30.3 Å². The third kappa shape index (κ3) is 4.06. The van der Waals surface area contributed by atoms with Gasteiger partial charge in [0, 0.05) is 0 Å². The van der Waals surface area contributed by atoms with Crippen molar-refractivity contribution in [3.8, 4) is 0 Å². The van der Waals surface area contributed by atoms with Crippen molar-refractivity contribution in [1.29, 1.82) is 0 Å². The van der Waals surface area contributed by atoms with Crippen molar-refractivity contribution in [2.24, 2.45) is 0 Å². The SMILES string of the molecule is CCCCNB(c1ccccc1)N(C)C. The van der Waals surface area contributed by atoms with Crippen molar-refractivity contribution in [3.05, 3.63) is 30.3 Å². The lowest BCUT2D eigenvalue weighted by molar-refractivity contribution is 0.617. The van der Waals surface area contributed by atoms with E-state index in [1.165, 1.54) is 18.3 Å². The molecule has 0 fully saturated rings. The summed E-state index contributed by atoms with van der Waals surface area (Å²) in [5.74, 6) is 0. The highest BCUT2D eigenvalue weighted by Gasteiger charge is 2.18. The maximum absolute atomic E-state index is 3.56. The third-order valence-electron chi connectivity index (χ3n) is 2.50. The van der Waals surface area contributed by atoms with Crippen LogP contribution in [0.1, 0.15) is 19.8 Å². The Morgan fingerprint density at radius 2 is 1.87 bits per heavy atom. The molecule has 3 heteroatoms. The van der Waals surface area contributed by atoms with Crippen LogP contribution in [0.2, 0.25) is 0 Å². The van der Waals surface area contributed by atoms with Crippen molar-refractivity contribution in [2.45, 2.75) is 19.8 Å². The molecule has 0 unspecified atom stereocenters. The molecule has 0 saturated carbocycles. The van der Waals surface area contributed by atoms with Crippen LogP contribution in [0.3, 0.4) is 0 Å². The van der Waals surface area contributed by atoms with Crippen LogP contribution in [0.4, 0.5) is 0 Å². The van der Waals surface area contributed by atoms with E-state index in [0.29, 0.717) is 6.98 Å². The second-order valence-corrected chi connectivity index (χ2v) is 4.08. The molecule has 2 nitrogen and oxygen atoms in total. The van der Waals surface area contributed by atoms with Crippen molar-refractivity contribution in [3.63, 3.8) is 0 Å². The van der Waals surface area contributed by atoms with Gasteiger partial charge in [-0.1, -0.05) is 43.7 Å². The average molecular weight is 204 g/mol. The largest absolute Gasteiger partial charge is 0.343 e. The minimum Gasteiger partial charge on any atom is -0.338 e. The van der Waals surface area contributed by atoms with E-state index in [4.69, 9.17) is 0 Å². The van der Waals surface area contributed by atoms with Gasteiger partial charge in [0.25, 0.3) is 0 Å². The highest BCUT2D eigenvalue weighted by Crippen LogP contribution is 1.91. The second-order valence-electron chi connectivity index (χ2n) is 4.08. The molecule has 1 rings (SSSR count). The fourth-order valence-corrected chi connectivity index (χ4v) is 1.65. The highest BCUT2D eigenvalue weighted by molar-refractivity contribution is 6.68. The maximum atomic E-state index is 3.56. The lowest BCUT2D eigenvalue weighted by atomic mass is 9.66. The van der Waals surface area contributed by atoms with Gasteiger partial charge in [-0.3, -0.25) is 0 Å².